The van der Waals surface area contributed by atoms with E-state index in [4.69, 9.17) is 11.6 Å². The molecule has 0 N–H and O–H groups in total. The standard InChI is InChI=1S/C14H12ClN3/c1-9-13(8-17-18(9)2)11-5-3-4-10-7-16-14(15)6-12(10)11/h3-8H,1-2H3. The molecule has 0 aliphatic heterocycles. The van der Waals surface area contributed by atoms with E-state index in [2.05, 4.69) is 23.1 Å². The molecule has 0 bridgehead atoms. The first-order chi connectivity index (χ1) is 8.66. The first-order valence-electron chi connectivity index (χ1n) is 5.70. The van der Waals surface area contributed by atoms with Crippen molar-refractivity contribution >= 4 is 22.4 Å². The number of hydrogen-bond acceptors (Lipinski definition) is 2. The molecule has 0 atom stereocenters. The second-order valence-corrected chi connectivity index (χ2v) is 4.69. The average molecular weight is 258 g/mol. The van der Waals surface area contributed by atoms with Crippen LogP contribution < -0.4 is 0 Å². The molecule has 0 saturated carbocycles. The quantitative estimate of drug-likeness (QED) is 0.624. The number of benzene rings is 1. The van der Waals surface area contributed by atoms with E-state index in [1.165, 1.54) is 0 Å². The van der Waals surface area contributed by atoms with Gasteiger partial charge in [-0.25, -0.2) is 4.98 Å². The van der Waals surface area contributed by atoms with Crippen LogP contribution in [-0.2, 0) is 7.05 Å². The van der Waals surface area contributed by atoms with Crippen LogP contribution in [-0.4, -0.2) is 14.8 Å². The first kappa shape index (κ1) is 11.2. The lowest BCUT2D eigenvalue weighted by Crippen LogP contribution is -1.92. The second-order valence-electron chi connectivity index (χ2n) is 4.30. The molecule has 3 aromatic rings. The Balaban J connectivity index is 2.35. The fourth-order valence-corrected chi connectivity index (χ4v) is 2.30. The minimum Gasteiger partial charge on any atom is -0.272 e. The second kappa shape index (κ2) is 4.10. The fraction of sp³-hybridized carbons (Fsp3) is 0.143. The summed E-state index contributed by atoms with van der Waals surface area (Å²) in [6.45, 7) is 2.06. The normalized spacial score (nSPS) is 11.1. The number of fused-ring (bicyclic) bond motifs is 1. The summed E-state index contributed by atoms with van der Waals surface area (Å²) in [6, 6.07) is 8.05. The van der Waals surface area contributed by atoms with Gasteiger partial charge in [-0.3, -0.25) is 4.68 Å². The van der Waals surface area contributed by atoms with Crippen molar-refractivity contribution in [3.8, 4) is 11.1 Å². The molecule has 0 unspecified atom stereocenters. The smallest absolute Gasteiger partial charge is 0.129 e. The Bertz CT molecular complexity index is 731. The lowest BCUT2D eigenvalue weighted by Gasteiger charge is -2.06. The maximum absolute atomic E-state index is 5.99. The van der Waals surface area contributed by atoms with Crippen molar-refractivity contribution in [3.63, 3.8) is 0 Å². The summed E-state index contributed by atoms with van der Waals surface area (Å²) in [5.41, 5.74) is 3.41. The highest BCUT2D eigenvalue weighted by Crippen LogP contribution is 2.31. The van der Waals surface area contributed by atoms with Gasteiger partial charge in [0.15, 0.2) is 0 Å². The molecule has 0 aliphatic carbocycles. The highest BCUT2D eigenvalue weighted by atomic mass is 35.5. The molecule has 2 aromatic heterocycles. The summed E-state index contributed by atoms with van der Waals surface area (Å²) in [5, 5.41) is 6.99. The van der Waals surface area contributed by atoms with Crippen LogP contribution in [0.3, 0.4) is 0 Å². The molecular weight excluding hydrogens is 246 g/mol. The monoisotopic (exact) mass is 257 g/mol. The fourth-order valence-electron chi connectivity index (χ4n) is 2.14. The maximum atomic E-state index is 5.99. The predicted molar refractivity (Wildman–Crippen MR) is 73.7 cm³/mol. The number of hydrogen-bond donors (Lipinski definition) is 0. The van der Waals surface area contributed by atoms with Crippen LogP contribution >= 0.6 is 11.6 Å². The molecule has 1 aromatic carbocycles. The highest BCUT2D eigenvalue weighted by molar-refractivity contribution is 6.30. The molecule has 3 nitrogen and oxygen atoms in total. The summed E-state index contributed by atoms with van der Waals surface area (Å²) in [4.78, 5) is 4.11. The van der Waals surface area contributed by atoms with Crippen LogP contribution in [0.15, 0.2) is 36.7 Å². The minimum absolute atomic E-state index is 0.511. The highest BCUT2D eigenvalue weighted by Gasteiger charge is 2.10. The molecule has 0 amide bonds. The average Bonchev–Trinajstić information content (AvgIpc) is 2.69. The Labute approximate surface area is 110 Å². The molecular formula is C14H12ClN3. The molecule has 4 heteroatoms. The Morgan fingerprint density at radius 2 is 2.00 bits per heavy atom. The van der Waals surface area contributed by atoms with Gasteiger partial charge >= 0.3 is 0 Å². The zero-order chi connectivity index (χ0) is 12.7. The third-order valence-corrected chi connectivity index (χ3v) is 3.46. The van der Waals surface area contributed by atoms with E-state index in [1.54, 1.807) is 6.20 Å². The Hall–Kier alpha value is -1.87. The van der Waals surface area contributed by atoms with Crippen molar-refractivity contribution in [3.05, 3.63) is 47.5 Å². The molecule has 0 saturated heterocycles. The summed E-state index contributed by atoms with van der Waals surface area (Å²) in [5.74, 6) is 0. The number of pyridine rings is 1. The molecule has 0 spiro atoms. The van der Waals surface area contributed by atoms with E-state index in [0.29, 0.717) is 5.15 Å². The van der Waals surface area contributed by atoms with E-state index in [1.807, 2.05) is 36.1 Å². The van der Waals surface area contributed by atoms with Crippen LogP contribution in [0.25, 0.3) is 21.9 Å². The third kappa shape index (κ3) is 1.68. The van der Waals surface area contributed by atoms with Crippen LogP contribution in [0.4, 0.5) is 0 Å². The van der Waals surface area contributed by atoms with Gasteiger partial charge in [0, 0.05) is 29.9 Å². The zero-order valence-corrected chi connectivity index (χ0v) is 10.9. The van der Waals surface area contributed by atoms with Crippen molar-refractivity contribution < 1.29 is 0 Å². The van der Waals surface area contributed by atoms with E-state index >= 15 is 0 Å². The summed E-state index contributed by atoms with van der Waals surface area (Å²) < 4.78 is 1.87. The molecule has 90 valence electrons. The van der Waals surface area contributed by atoms with Crippen molar-refractivity contribution in [2.75, 3.05) is 0 Å². The lowest BCUT2D eigenvalue weighted by atomic mass is 10.0. The lowest BCUT2D eigenvalue weighted by molar-refractivity contribution is 0.740. The summed E-state index contributed by atoms with van der Waals surface area (Å²) in [6.07, 6.45) is 3.69. The number of aromatic nitrogens is 3. The molecule has 0 fully saturated rings. The van der Waals surface area contributed by atoms with Gasteiger partial charge in [0.05, 0.1) is 6.20 Å². The minimum atomic E-state index is 0.511. The molecule has 0 radical (unpaired) electrons. The topological polar surface area (TPSA) is 30.7 Å². The van der Waals surface area contributed by atoms with E-state index in [-0.39, 0.29) is 0 Å². The summed E-state index contributed by atoms with van der Waals surface area (Å²) >= 11 is 5.99. The SMILES string of the molecule is Cc1c(-c2cccc3cnc(Cl)cc23)cnn1C. The van der Waals surface area contributed by atoms with Gasteiger partial charge in [-0.1, -0.05) is 29.8 Å². The van der Waals surface area contributed by atoms with Crippen molar-refractivity contribution in [1.29, 1.82) is 0 Å². The predicted octanol–water partition coefficient (Wildman–Crippen LogP) is 3.60. The van der Waals surface area contributed by atoms with Crippen molar-refractivity contribution in [2.45, 2.75) is 6.92 Å². The number of rotatable bonds is 1. The molecule has 18 heavy (non-hydrogen) atoms. The van der Waals surface area contributed by atoms with Gasteiger partial charge in [-0.2, -0.15) is 5.10 Å². The number of nitrogens with zero attached hydrogens (tertiary/aromatic N) is 3. The largest absolute Gasteiger partial charge is 0.272 e. The first-order valence-corrected chi connectivity index (χ1v) is 6.08. The number of aryl methyl sites for hydroxylation is 1. The Kier molecular flexibility index (Phi) is 2.56. The Morgan fingerprint density at radius 3 is 2.72 bits per heavy atom. The van der Waals surface area contributed by atoms with Crippen molar-refractivity contribution in [2.24, 2.45) is 7.05 Å². The van der Waals surface area contributed by atoms with Gasteiger partial charge in [0.25, 0.3) is 0 Å². The maximum Gasteiger partial charge on any atom is 0.129 e. The number of halogens is 1. The molecule has 2 heterocycles. The van der Waals surface area contributed by atoms with Crippen molar-refractivity contribution in [1.82, 2.24) is 14.8 Å². The van der Waals surface area contributed by atoms with Crippen LogP contribution in [0.1, 0.15) is 5.69 Å². The molecule has 3 rings (SSSR count). The van der Waals surface area contributed by atoms with Gasteiger partial charge in [0.1, 0.15) is 5.15 Å². The third-order valence-electron chi connectivity index (χ3n) is 3.26. The van der Waals surface area contributed by atoms with E-state index in [9.17, 15) is 0 Å². The van der Waals surface area contributed by atoms with Crippen LogP contribution in [0.5, 0.6) is 0 Å². The van der Waals surface area contributed by atoms with Gasteiger partial charge in [-0.15, -0.1) is 0 Å². The summed E-state index contributed by atoms with van der Waals surface area (Å²) in [7, 11) is 1.94. The van der Waals surface area contributed by atoms with Gasteiger partial charge in [-0.05, 0) is 23.9 Å². The van der Waals surface area contributed by atoms with Gasteiger partial charge in [0.2, 0.25) is 0 Å². The zero-order valence-electron chi connectivity index (χ0n) is 10.2. The van der Waals surface area contributed by atoms with Gasteiger partial charge < -0.3 is 0 Å². The van der Waals surface area contributed by atoms with Crippen LogP contribution in [0, 0.1) is 6.92 Å². The van der Waals surface area contributed by atoms with E-state index in [0.717, 1.165) is 27.6 Å². The molecule has 0 aliphatic rings. The van der Waals surface area contributed by atoms with Crippen LogP contribution in [0.2, 0.25) is 5.15 Å². The Morgan fingerprint density at radius 1 is 1.17 bits per heavy atom. The van der Waals surface area contributed by atoms with E-state index < -0.39 is 0 Å².